The Labute approximate surface area is 109 Å². The number of hydrogen-bond donors (Lipinski definition) is 0. The van der Waals surface area contributed by atoms with Gasteiger partial charge in [0.25, 0.3) is 5.91 Å². The molecule has 0 aliphatic carbocycles. The molecule has 2 aliphatic rings. The van der Waals surface area contributed by atoms with E-state index in [2.05, 4.69) is 24.5 Å². The molecule has 3 nitrogen and oxygen atoms in total. The van der Waals surface area contributed by atoms with Crippen molar-refractivity contribution in [2.24, 2.45) is 5.92 Å². The van der Waals surface area contributed by atoms with Gasteiger partial charge in [0.05, 0.1) is 17.8 Å². The highest BCUT2D eigenvalue weighted by molar-refractivity contribution is 5.98. The minimum atomic E-state index is 0.257. The molecule has 0 bridgehead atoms. The average molecular weight is 246 g/mol. The molecule has 18 heavy (non-hydrogen) atoms. The normalized spacial score (nSPS) is 19.9. The van der Waals surface area contributed by atoms with Crippen molar-refractivity contribution in [3.05, 3.63) is 23.0 Å². The van der Waals surface area contributed by atoms with Crippen LogP contribution in [0.1, 0.15) is 54.9 Å². The first kappa shape index (κ1) is 11.8. The molecule has 1 atom stereocenters. The van der Waals surface area contributed by atoms with Gasteiger partial charge >= 0.3 is 0 Å². The second-order valence-electron chi connectivity index (χ2n) is 5.80. The third-order valence-electron chi connectivity index (χ3n) is 4.45. The predicted octanol–water partition coefficient (Wildman–Crippen LogP) is 2.83. The maximum atomic E-state index is 12.4. The van der Waals surface area contributed by atoms with Gasteiger partial charge in [0.1, 0.15) is 0 Å². The fourth-order valence-electron chi connectivity index (χ4n) is 3.14. The first-order valence-corrected chi connectivity index (χ1v) is 7.21. The van der Waals surface area contributed by atoms with E-state index in [9.17, 15) is 4.79 Å². The van der Waals surface area contributed by atoms with Crippen LogP contribution in [0, 0.1) is 5.92 Å². The number of carbonyl (C=O) groups excluding carboxylic acids is 1. The van der Waals surface area contributed by atoms with Crippen molar-refractivity contribution in [2.75, 3.05) is 6.54 Å². The van der Waals surface area contributed by atoms with Gasteiger partial charge in [0.2, 0.25) is 0 Å². The topological polar surface area (TPSA) is 25.2 Å². The van der Waals surface area contributed by atoms with Crippen molar-refractivity contribution >= 4 is 5.91 Å². The maximum absolute atomic E-state index is 12.4. The zero-order chi connectivity index (χ0) is 12.7. The fraction of sp³-hybridized carbons (Fsp3) is 0.667. The van der Waals surface area contributed by atoms with E-state index >= 15 is 0 Å². The van der Waals surface area contributed by atoms with E-state index in [1.165, 1.54) is 24.2 Å². The predicted molar refractivity (Wildman–Crippen MR) is 71.6 cm³/mol. The van der Waals surface area contributed by atoms with E-state index in [0.717, 1.165) is 38.0 Å². The van der Waals surface area contributed by atoms with Gasteiger partial charge in [0, 0.05) is 18.8 Å². The molecule has 1 amide bonds. The molecule has 0 spiro atoms. The van der Waals surface area contributed by atoms with Crippen molar-refractivity contribution in [3.63, 3.8) is 0 Å². The SMILES string of the molecule is CC[C@@H](C)CN1Cc2c(cc3n2CCCC3)C1=O. The molecule has 0 fully saturated rings. The molecule has 0 N–H and O–H groups in total. The summed E-state index contributed by atoms with van der Waals surface area (Å²) in [6.45, 7) is 7.25. The second-order valence-corrected chi connectivity index (χ2v) is 5.80. The number of aromatic nitrogens is 1. The molecular formula is C15H22N2O. The Bertz CT molecular complexity index is 475. The molecule has 0 saturated carbocycles. The van der Waals surface area contributed by atoms with E-state index in [1.807, 2.05) is 4.90 Å². The first-order chi connectivity index (χ1) is 8.70. The van der Waals surface area contributed by atoms with Gasteiger partial charge in [-0.15, -0.1) is 0 Å². The third kappa shape index (κ3) is 1.76. The van der Waals surface area contributed by atoms with Gasteiger partial charge in [-0.25, -0.2) is 0 Å². The second kappa shape index (κ2) is 4.45. The number of nitrogens with zero attached hydrogens (tertiary/aromatic N) is 2. The number of fused-ring (bicyclic) bond motifs is 3. The number of carbonyl (C=O) groups is 1. The summed E-state index contributed by atoms with van der Waals surface area (Å²) in [6.07, 6.45) is 4.81. The lowest BCUT2D eigenvalue weighted by Gasteiger charge is -2.22. The smallest absolute Gasteiger partial charge is 0.256 e. The van der Waals surface area contributed by atoms with Gasteiger partial charge in [0.15, 0.2) is 0 Å². The monoisotopic (exact) mass is 246 g/mol. The molecule has 2 aliphatic heterocycles. The Balaban J connectivity index is 1.84. The summed E-state index contributed by atoms with van der Waals surface area (Å²) in [5.74, 6) is 0.853. The van der Waals surface area contributed by atoms with E-state index in [-0.39, 0.29) is 5.91 Å². The summed E-state index contributed by atoms with van der Waals surface area (Å²) in [4.78, 5) is 14.4. The Hall–Kier alpha value is -1.25. The first-order valence-electron chi connectivity index (χ1n) is 7.21. The Morgan fingerprint density at radius 1 is 1.39 bits per heavy atom. The molecule has 0 aromatic carbocycles. The quantitative estimate of drug-likeness (QED) is 0.805. The summed E-state index contributed by atoms with van der Waals surface area (Å²) in [5, 5.41) is 0. The molecular weight excluding hydrogens is 224 g/mol. The van der Waals surface area contributed by atoms with Gasteiger partial charge in [-0.3, -0.25) is 4.79 Å². The molecule has 98 valence electrons. The Morgan fingerprint density at radius 3 is 3.00 bits per heavy atom. The van der Waals surface area contributed by atoms with Crippen LogP contribution in [0.2, 0.25) is 0 Å². The summed E-state index contributed by atoms with van der Waals surface area (Å²) in [5.41, 5.74) is 3.64. The highest BCUT2D eigenvalue weighted by Crippen LogP contribution is 2.30. The summed E-state index contributed by atoms with van der Waals surface area (Å²) in [7, 11) is 0. The number of rotatable bonds is 3. The van der Waals surface area contributed by atoms with Crippen LogP contribution < -0.4 is 0 Å². The molecule has 3 rings (SSSR count). The lowest BCUT2D eigenvalue weighted by Crippen LogP contribution is -2.29. The lowest BCUT2D eigenvalue weighted by atomic mass is 10.1. The van der Waals surface area contributed by atoms with E-state index in [0.29, 0.717) is 5.92 Å². The van der Waals surface area contributed by atoms with E-state index in [4.69, 9.17) is 0 Å². The molecule has 1 aromatic rings. The molecule has 0 radical (unpaired) electrons. The summed E-state index contributed by atoms with van der Waals surface area (Å²) < 4.78 is 2.40. The van der Waals surface area contributed by atoms with Gasteiger partial charge < -0.3 is 9.47 Å². The van der Waals surface area contributed by atoms with E-state index < -0.39 is 0 Å². The minimum absolute atomic E-state index is 0.257. The fourth-order valence-corrected chi connectivity index (χ4v) is 3.14. The molecule has 3 heteroatoms. The van der Waals surface area contributed by atoms with Crippen LogP contribution in [-0.4, -0.2) is 21.9 Å². The van der Waals surface area contributed by atoms with E-state index in [1.54, 1.807) is 0 Å². The van der Waals surface area contributed by atoms with Crippen LogP contribution in [-0.2, 0) is 19.5 Å². The minimum Gasteiger partial charge on any atom is -0.346 e. The van der Waals surface area contributed by atoms with Gasteiger partial charge in [-0.1, -0.05) is 20.3 Å². The van der Waals surface area contributed by atoms with Crippen LogP contribution in [0.15, 0.2) is 6.07 Å². The zero-order valence-electron chi connectivity index (χ0n) is 11.4. The Morgan fingerprint density at radius 2 is 2.22 bits per heavy atom. The molecule has 1 aromatic heterocycles. The Kier molecular flexibility index (Phi) is 2.92. The van der Waals surface area contributed by atoms with Crippen LogP contribution in [0.5, 0.6) is 0 Å². The van der Waals surface area contributed by atoms with Crippen LogP contribution in [0.25, 0.3) is 0 Å². The highest BCUT2D eigenvalue weighted by Gasteiger charge is 2.33. The van der Waals surface area contributed by atoms with Crippen LogP contribution in [0.3, 0.4) is 0 Å². The third-order valence-corrected chi connectivity index (χ3v) is 4.45. The summed E-state index contributed by atoms with van der Waals surface area (Å²) in [6, 6.07) is 2.15. The molecule has 0 unspecified atom stereocenters. The number of amides is 1. The molecule has 0 saturated heterocycles. The van der Waals surface area contributed by atoms with Gasteiger partial charge in [-0.2, -0.15) is 0 Å². The van der Waals surface area contributed by atoms with Crippen LogP contribution in [0.4, 0.5) is 0 Å². The lowest BCUT2D eigenvalue weighted by molar-refractivity contribution is 0.0752. The summed E-state index contributed by atoms with van der Waals surface area (Å²) >= 11 is 0. The number of aryl methyl sites for hydroxylation is 1. The van der Waals surface area contributed by atoms with Crippen molar-refractivity contribution in [3.8, 4) is 0 Å². The average Bonchev–Trinajstić information content (AvgIpc) is 2.88. The highest BCUT2D eigenvalue weighted by atomic mass is 16.2. The van der Waals surface area contributed by atoms with Crippen LogP contribution >= 0.6 is 0 Å². The van der Waals surface area contributed by atoms with Crippen molar-refractivity contribution < 1.29 is 4.79 Å². The standard InChI is InChI=1S/C15H22N2O/c1-3-11(2)9-16-10-14-13(15(16)18)8-12-6-4-5-7-17(12)14/h8,11H,3-7,9-10H2,1-2H3/t11-/m1/s1. The number of hydrogen-bond acceptors (Lipinski definition) is 1. The maximum Gasteiger partial charge on any atom is 0.256 e. The van der Waals surface area contributed by atoms with Crippen molar-refractivity contribution in [1.29, 1.82) is 0 Å². The molecule has 3 heterocycles. The van der Waals surface area contributed by atoms with Gasteiger partial charge in [-0.05, 0) is 31.2 Å². The zero-order valence-corrected chi connectivity index (χ0v) is 11.4. The van der Waals surface area contributed by atoms with Crippen molar-refractivity contribution in [1.82, 2.24) is 9.47 Å². The van der Waals surface area contributed by atoms with Crippen molar-refractivity contribution in [2.45, 2.75) is 52.6 Å². The largest absolute Gasteiger partial charge is 0.346 e.